The molecule has 0 aliphatic carbocycles. The summed E-state index contributed by atoms with van der Waals surface area (Å²) in [7, 11) is 1.39. The number of rotatable bonds is 7. The summed E-state index contributed by atoms with van der Waals surface area (Å²) in [6.45, 7) is 3.12. The summed E-state index contributed by atoms with van der Waals surface area (Å²) in [6, 6.07) is 11.7. The zero-order chi connectivity index (χ0) is 25.8. The van der Waals surface area contributed by atoms with Crippen LogP contribution in [0.2, 0.25) is 0 Å². The van der Waals surface area contributed by atoms with Crippen LogP contribution in [0.3, 0.4) is 0 Å². The molecular weight excluding hydrogens is 470 g/mol. The molecule has 184 valence electrons. The third-order valence-electron chi connectivity index (χ3n) is 5.65. The summed E-state index contributed by atoms with van der Waals surface area (Å²) in [4.78, 5) is 38.3. The number of hydrogen-bond donors (Lipinski definition) is 0. The minimum absolute atomic E-state index is 0.0535. The lowest BCUT2D eigenvalue weighted by molar-refractivity contribution is 0.0461. The second-order valence-electron chi connectivity index (χ2n) is 7.86. The van der Waals surface area contributed by atoms with Gasteiger partial charge in [-0.3, -0.25) is 14.3 Å². The first-order valence-electron chi connectivity index (χ1n) is 10.9. The molecule has 8 nitrogen and oxygen atoms in total. The van der Waals surface area contributed by atoms with Crippen LogP contribution in [0.5, 0.6) is 5.75 Å². The fraction of sp³-hybridized carbons (Fsp3) is 0.192. The van der Waals surface area contributed by atoms with Gasteiger partial charge in [-0.1, -0.05) is 30.3 Å². The van der Waals surface area contributed by atoms with E-state index in [9.17, 15) is 18.4 Å². The fourth-order valence-corrected chi connectivity index (χ4v) is 3.61. The van der Waals surface area contributed by atoms with Gasteiger partial charge >= 0.3 is 5.97 Å². The van der Waals surface area contributed by atoms with E-state index in [0.29, 0.717) is 22.4 Å². The summed E-state index contributed by atoms with van der Waals surface area (Å²) in [5.74, 6) is -0.885. The SMILES string of the molecule is COc1cnccc1-c1cc(-n2cnc(C)c(C)c2=O)nc(C(F)F)c1C(=O)OCc1ccccc1. The van der Waals surface area contributed by atoms with Crippen molar-refractivity contribution in [1.29, 1.82) is 0 Å². The number of carbonyl (C=O) groups excluding carboxylic acids is 1. The predicted molar refractivity (Wildman–Crippen MR) is 127 cm³/mol. The smallest absolute Gasteiger partial charge is 0.341 e. The number of ether oxygens (including phenoxy) is 2. The second kappa shape index (κ2) is 10.4. The van der Waals surface area contributed by atoms with E-state index < -0.39 is 29.2 Å². The molecule has 4 aromatic rings. The van der Waals surface area contributed by atoms with Crippen molar-refractivity contribution in [3.05, 3.63) is 99.6 Å². The van der Waals surface area contributed by atoms with E-state index in [-0.39, 0.29) is 23.7 Å². The molecule has 0 saturated heterocycles. The number of halogens is 2. The maximum Gasteiger partial charge on any atom is 0.341 e. The lowest BCUT2D eigenvalue weighted by Crippen LogP contribution is -2.24. The molecule has 36 heavy (non-hydrogen) atoms. The number of pyridine rings is 2. The largest absolute Gasteiger partial charge is 0.494 e. The Morgan fingerprint density at radius 1 is 1.11 bits per heavy atom. The first-order valence-corrected chi connectivity index (χ1v) is 10.9. The highest BCUT2D eigenvalue weighted by molar-refractivity contribution is 5.99. The molecule has 0 amide bonds. The molecule has 0 saturated carbocycles. The number of alkyl halides is 2. The lowest BCUT2D eigenvalue weighted by atomic mass is 9.98. The molecule has 0 bridgehead atoms. The fourth-order valence-electron chi connectivity index (χ4n) is 3.61. The number of carbonyl (C=O) groups is 1. The standard InChI is InChI=1S/C26H22F2N4O4/c1-15-16(2)30-14-32(25(15)33)21-11-19(18-9-10-29-12-20(18)35-3)22(23(31-21)24(27)28)26(34)36-13-17-7-5-4-6-8-17/h4-12,14,24H,13H2,1-3H3. The van der Waals surface area contributed by atoms with Gasteiger partial charge in [0.25, 0.3) is 12.0 Å². The van der Waals surface area contributed by atoms with Crippen LogP contribution in [0.1, 0.15) is 39.3 Å². The molecule has 0 aliphatic heterocycles. The molecule has 0 aliphatic rings. The quantitative estimate of drug-likeness (QED) is 0.348. The van der Waals surface area contributed by atoms with Crippen molar-refractivity contribution in [2.24, 2.45) is 0 Å². The van der Waals surface area contributed by atoms with E-state index in [1.165, 1.54) is 38.0 Å². The predicted octanol–water partition coefficient (Wildman–Crippen LogP) is 4.61. The van der Waals surface area contributed by atoms with Crippen LogP contribution >= 0.6 is 0 Å². The van der Waals surface area contributed by atoms with E-state index in [4.69, 9.17) is 9.47 Å². The van der Waals surface area contributed by atoms with Gasteiger partial charge in [-0.05, 0) is 31.5 Å². The molecule has 0 unspecified atom stereocenters. The summed E-state index contributed by atoms with van der Waals surface area (Å²) in [5.41, 5.74) is 0.151. The van der Waals surface area contributed by atoms with Gasteiger partial charge in [0, 0.05) is 28.6 Å². The highest BCUT2D eigenvalue weighted by Gasteiger charge is 2.29. The number of benzene rings is 1. The highest BCUT2D eigenvalue weighted by atomic mass is 19.3. The minimum atomic E-state index is -3.15. The van der Waals surface area contributed by atoms with Crippen molar-refractivity contribution in [3.8, 4) is 22.7 Å². The van der Waals surface area contributed by atoms with Crippen molar-refractivity contribution < 1.29 is 23.0 Å². The number of nitrogens with zero attached hydrogens (tertiary/aromatic N) is 4. The molecule has 0 atom stereocenters. The van der Waals surface area contributed by atoms with Crippen molar-refractivity contribution in [2.75, 3.05) is 7.11 Å². The minimum Gasteiger partial charge on any atom is -0.494 e. The van der Waals surface area contributed by atoms with Gasteiger partial charge in [-0.25, -0.2) is 23.5 Å². The van der Waals surface area contributed by atoms with Crippen molar-refractivity contribution in [3.63, 3.8) is 0 Å². The molecule has 10 heteroatoms. The average molecular weight is 492 g/mol. The first kappa shape index (κ1) is 24.6. The van der Waals surface area contributed by atoms with Gasteiger partial charge < -0.3 is 9.47 Å². The Kier molecular flexibility index (Phi) is 7.14. The van der Waals surface area contributed by atoms with E-state index in [1.54, 1.807) is 44.2 Å². The molecular formula is C26H22F2N4O4. The molecule has 1 aromatic carbocycles. The molecule has 0 N–H and O–H groups in total. The molecule has 3 heterocycles. The van der Waals surface area contributed by atoms with Crippen molar-refractivity contribution in [1.82, 2.24) is 19.5 Å². The number of hydrogen-bond acceptors (Lipinski definition) is 7. The third kappa shape index (κ3) is 4.83. The van der Waals surface area contributed by atoms with Crippen LogP contribution < -0.4 is 10.3 Å². The monoisotopic (exact) mass is 492 g/mol. The Morgan fingerprint density at radius 2 is 1.86 bits per heavy atom. The zero-order valence-corrected chi connectivity index (χ0v) is 19.7. The van der Waals surface area contributed by atoms with Gasteiger partial charge in [-0.2, -0.15) is 0 Å². The van der Waals surface area contributed by atoms with E-state index in [0.717, 1.165) is 4.57 Å². The average Bonchev–Trinajstić information content (AvgIpc) is 2.90. The summed E-state index contributed by atoms with van der Waals surface area (Å²) >= 11 is 0. The Hall–Kier alpha value is -4.47. The van der Waals surface area contributed by atoms with Crippen LogP contribution in [0.15, 0.2) is 66.0 Å². The Morgan fingerprint density at radius 3 is 2.56 bits per heavy atom. The number of aryl methyl sites for hydroxylation is 1. The van der Waals surface area contributed by atoms with E-state index in [1.807, 2.05) is 0 Å². The van der Waals surface area contributed by atoms with E-state index >= 15 is 0 Å². The maximum absolute atomic E-state index is 14.4. The summed E-state index contributed by atoms with van der Waals surface area (Å²) in [6.07, 6.45) is 0.887. The van der Waals surface area contributed by atoms with Crippen LogP contribution in [-0.4, -0.2) is 32.6 Å². The van der Waals surface area contributed by atoms with Crippen molar-refractivity contribution >= 4 is 5.97 Å². The summed E-state index contributed by atoms with van der Waals surface area (Å²) in [5, 5.41) is 0. The van der Waals surface area contributed by atoms with Gasteiger partial charge in [0.1, 0.15) is 30.2 Å². The summed E-state index contributed by atoms with van der Waals surface area (Å²) < 4.78 is 40.5. The highest BCUT2D eigenvalue weighted by Crippen LogP contribution is 2.37. The molecule has 3 aromatic heterocycles. The Balaban J connectivity index is 1.94. The van der Waals surface area contributed by atoms with Gasteiger partial charge in [0.05, 0.1) is 18.9 Å². The molecule has 4 rings (SSSR count). The number of aromatic nitrogens is 4. The normalized spacial score (nSPS) is 10.9. The molecule has 0 fully saturated rings. The maximum atomic E-state index is 14.4. The topological polar surface area (TPSA) is 96.2 Å². The van der Waals surface area contributed by atoms with Gasteiger partial charge in [-0.15, -0.1) is 0 Å². The van der Waals surface area contributed by atoms with Gasteiger partial charge in [0.15, 0.2) is 0 Å². The van der Waals surface area contributed by atoms with Crippen LogP contribution in [-0.2, 0) is 11.3 Å². The Labute approximate surface area is 205 Å². The number of methoxy groups -OCH3 is 1. The van der Waals surface area contributed by atoms with E-state index in [2.05, 4.69) is 15.0 Å². The lowest BCUT2D eigenvalue weighted by Gasteiger charge is -2.18. The Bertz CT molecular complexity index is 1470. The van der Waals surface area contributed by atoms with Crippen LogP contribution in [0.4, 0.5) is 8.78 Å². The second-order valence-corrected chi connectivity index (χ2v) is 7.86. The molecule has 0 radical (unpaired) electrons. The zero-order valence-electron chi connectivity index (χ0n) is 19.7. The number of esters is 1. The van der Waals surface area contributed by atoms with Crippen molar-refractivity contribution in [2.45, 2.75) is 26.9 Å². The first-order chi connectivity index (χ1) is 17.3. The third-order valence-corrected chi connectivity index (χ3v) is 5.65. The van der Waals surface area contributed by atoms with Crippen LogP contribution in [0, 0.1) is 13.8 Å². The molecule has 0 spiro atoms. The van der Waals surface area contributed by atoms with Crippen LogP contribution in [0.25, 0.3) is 16.9 Å². The van der Waals surface area contributed by atoms with Gasteiger partial charge in [0.2, 0.25) is 0 Å².